The van der Waals surface area contributed by atoms with Crippen molar-refractivity contribution in [1.29, 1.82) is 0 Å². The average Bonchev–Trinajstić information content (AvgIpc) is 2.76. The molecule has 0 aromatic heterocycles. The Morgan fingerprint density at radius 1 is 0.811 bits per heavy atom. The summed E-state index contributed by atoms with van der Waals surface area (Å²) in [4.78, 5) is 73.2. The molecule has 7 N–H and O–H groups in total. The van der Waals surface area contributed by atoms with Gasteiger partial charge in [-0.05, 0) is 46.0 Å². The molecule has 37 heavy (non-hydrogen) atoms. The Hall–Kier alpha value is -3.38. The van der Waals surface area contributed by atoms with E-state index in [9.17, 15) is 28.8 Å². The average molecular weight is 529 g/mol. The molecule has 4 atom stereocenters. The summed E-state index contributed by atoms with van der Waals surface area (Å²) in [5, 5.41) is 12.4. The van der Waals surface area contributed by atoms with Crippen LogP contribution in [0.25, 0.3) is 0 Å². The van der Waals surface area contributed by atoms with Crippen molar-refractivity contribution in [3.63, 3.8) is 0 Å². The lowest BCUT2D eigenvalue weighted by molar-refractivity contribution is -0.134. The number of carbonyl (C=O) groups excluding carboxylic acids is 6. The van der Waals surface area contributed by atoms with Gasteiger partial charge < -0.3 is 37.1 Å². The van der Waals surface area contributed by atoms with E-state index in [1.165, 1.54) is 6.92 Å². The van der Waals surface area contributed by atoms with E-state index in [1.54, 1.807) is 27.7 Å². The van der Waals surface area contributed by atoms with Crippen LogP contribution in [0.15, 0.2) is 0 Å². The minimum atomic E-state index is -0.975. The number of hydrogen-bond acceptors (Lipinski definition) is 7. The number of ether oxygens (including phenoxy) is 1. The van der Waals surface area contributed by atoms with Crippen LogP contribution in [0.3, 0.4) is 0 Å². The standard InChI is InChI=1S/C24H44N6O7/c1-9-14(4)19(22(35)26-11-17(25)31)30-21(34)16(10-13(2)3)29-18(32)12-27-20(33)15(5)28-23(36)37-24(6,7)8/h13-16,19H,9-12H2,1-8H3,(H2,25,31)(H,26,35)(H,27,33)(H,28,36)(H,29,32)(H,30,34)/t14-,15-,16-,19-/m0/s1. The van der Waals surface area contributed by atoms with E-state index in [0.29, 0.717) is 6.42 Å². The van der Waals surface area contributed by atoms with Gasteiger partial charge in [0.25, 0.3) is 0 Å². The second kappa shape index (κ2) is 15.7. The summed E-state index contributed by atoms with van der Waals surface area (Å²) < 4.78 is 5.10. The summed E-state index contributed by atoms with van der Waals surface area (Å²) in [6.07, 6.45) is 0.0691. The third kappa shape index (κ3) is 14.7. The highest BCUT2D eigenvalue weighted by atomic mass is 16.6. The van der Waals surface area contributed by atoms with Crippen molar-refractivity contribution in [2.45, 2.75) is 92.0 Å². The molecule has 0 aromatic carbocycles. The monoisotopic (exact) mass is 528 g/mol. The van der Waals surface area contributed by atoms with Gasteiger partial charge in [-0.15, -0.1) is 0 Å². The quantitative estimate of drug-likeness (QED) is 0.177. The minimum Gasteiger partial charge on any atom is -0.444 e. The zero-order chi connectivity index (χ0) is 28.9. The Labute approximate surface area is 218 Å². The Morgan fingerprint density at radius 2 is 1.38 bits per heavy atom. The number of nitrogens with one attached hydrogen (secondary N) is 5. The zero-order valence-electron chi connectivity index (χ0n) is 23.2. The molecule has 6 amide bonds. The van der Waals surface area contributed by atoms with Crippen LogP contribution in [-0.4, -0.2) is 72.4 Å². The normalized spacial score (nSPS) is 14.4. The van der Waals surface area contributed by atoms with E-state index in [2.05, 4.69) is 26.6 Å². The Kier molecular flexibility index (Phi) is 14.2. The lowest BCUT2D eigenvalue weighted by Gasteiger charge is -2.27. The first-order valence-corrected chi connectivity index (χ1v) is 12.4. The molecular weight excluding hydrogens is 484 g/mol. The van der Waals surface area contributed by atoms with Crippen molar-refractivity contribution < 1.29 is 33.5 Å². The van der Waals surface area contributed by atoms with Gasteiger partial charge in [-0.25, -0.2) is 4.79 Å². The van der Waals surface area contributed by atoms with E-state index in [-0.39, 0.29) is 24.8 Å². The predicted molar refractivity (Wildman–Crippen MR) is 137 cm³/mol. The smallest absolute Gasteiger partial charge is 0.408 e. The third-order valence-corrected chi connectivity index (χ3v) is 5.14. The molecule has 0 fully saturated rings. The molecule has 0 spiro atoms. The van der Waals surface area contributed by atoms with Gasteiger partial charge in [-0.2, -0.15) is 0 Å². The highest BCUT2D eigenvalue weighted by Gasteiger charge is 2.30. The molecule has 0 aliphatic carbocycles. The SMILES string of the molecule is CC[C@H](C)[C@H](NC(=O)[C@H](CC(C)C)NC(=O)CNC(=O)[C@H](C)NC(=O)OC(C)(C)C)C(=O)NCC(N)=O. The maximum atomic E-state index is 13.0. The van der Waals surface area contributed by atoms with Gasteiger partial charge >= 0.3 is 6.09 Å². The molecule has 0 saturated heterocycles. The first-order chi connectivity index (χ1) is 17.0. The summed E-state index contributed by atoms with van der Waals surface area (Å²) in [5.41, 5.74) is 4.35. The highest BCUT2D eigenvalue weighted by Crippen LogP contribution is 2.11. The number of carbonyl (C=O) groups is 6. The van der Waals surface area contributed by atoms with E-state index < -0.39 is 65.9 Å². The molecule has 212 valence electrons. The van der Waals surface area contributed by atoms with Crippen LogP contribution in [0.5, 0.6) is 0 Å². The fourth-order valence-corrected chi connectivity index (χ4v) is 3.06. The highest BCUT2D eigenvalue weighted by molar-refractivity contribution is 5.94. The van der Waals surface area contributed by atoms with Crippen LogP contribution in [0, 0.1) is 11.8 Å². The van der Waals surface area contributed by atoms with Crippen molar-refractivity contribution in [2.24, 2.45) is 17.6 Å². The van der Waals surface area contributed by atoms with Crippen molar-refractivity contribution in [3.8, 4) is 0 Å². The molecule has 0 radical (unpaired) electrons. The van der Waals surface area contributed by atoms with Crippen molar-refractivity contribution in [3.05, 3.63) is 0 Å². The number of hydrogen-bond donors (Lipinski definition) is 6. The Balaban J connectivity index is 5.14. The molecule has 0 unspecified atom stereocenters. The molecule has 13 heteroatoms. The van der Waals surface area contributed by atoms with Crippen LogP contribution >= 0.6 is 0 Å². The van der Waals surface area contributed by atoms with E-state index >= 15 is 0 Å². The second-order valence-corrected chi connectivity index (χ2v) is 10.4. The molecule has 13 nitrogen and oxygen atoms in total. The van der Waals surface area contributed by atoms with Crippen molar-refractivity contribution in [1.82, 2.24) is 26.6 Å². The summed E-state index contributed by atoms with van der Waals surface area (Å²) in [7, 11) is 0. The van der Waals surface area contributed by atoms with Crippen LogP contribution in [-0.2, 0) is 28.7 Å². The first-order valence-electron chi connectivity index (χ1n) is 12.4. The first kappa shape index (κ1) is 33.6. The fourth-order valence-electron chi connectivity index (χ4n) is 3.06. The maximum Gasteiger partial charge on any atom is 0.408 e. The fraction of sp³-hybridized carbons (Fsp3) is 0.750. The summed E-state index contributed by atoms with van der Waals surface area (Å²) in [5.74, 6) is -3.33. The topological polar surface area (TPSA) is 198 Å². The molecule has 0 rings (SSSR count). The molecule has 0 heterocycles. The molecule has 0 aliphatic rings. The largest absolute Gasteiger partial charge is 0.444 e. The van der Waals surface area contributed by atoms with Crippen molar-refractivity contribution >= 4 is 35.6 Å². The summed E-state index contributed by atoms with van der Waals surface area (Å²) in [6.45, 7) is 13.0. The number of rotatable bonds is 14. The van der Waals surface area contributed by atoms with Gasteiger partial charge in [-0.1, -0.05) is 34.1 Å². The van der Waals surface area contributed by atoms with Gasteiger partial charge in [0.1, 0.15) is 23.7 Å². The molecule has 0 aliphatic heterocycles. The molecular formula is C24H44N6O7. The van der Waals surface area contributed by atoms with Gasteiger partial charge in [0.05, 0.1) is 13.1 Å². The van der Waals surface area contributed by atoms with E-state index in [0.717, 1.165) is 0 Å². The number of nitrogens with two attached hydrogens (primary N) is 1. The zero-order valence-corrected chi connectivity index (χ0v) is 23.2. The van der Waals surface area contributed by atoms with Crippen molar-refractivity contribution in [2.75, 3.05) is 13.1 Å². The number of primary amides is 1. The minimum absolute atomic E-state index is 0.0226. The summed E-state index contributed by atoms with van der Waals surface area (Å²) >= 11 is 0. The second-order valence-electron chi connectivity index (χ2n) is 10.4. The molecule has 0 aromatic rings. The van der Waals surface area contributed by atoms with Gasteiger partial charge in [-0.3, -0.25) is 24.0 Å². The summed E-state index contributed by atoms with van der Waals surface area (Å²) in [6, 6.07) is -2.88. The van der Waals surface area contributed by atoms with Gasteiger partial charge in [0, 0.05) is 0 Å². The van der Waals surface area contributed by atoms with Gasteiger partial charge in [0.2, 0.25) is 29.5 Å². The Bertz CT molecular complexity index is 825. The van der Waals surface area contributed by atoms with Crippen LogP contribution < -0.4 is 32.3 Å². The Morgan fingerprint density at radius 3 is 1.86 bits per heavy atom. The van der Waals surface area contributed by atoms with Crippen LogP contribution in [0.2, 0.25) is 0 Å². The van der Waals surface area contributed by atoms with E-state index in [1.807, 2.05) is 20.8 Å². The van der Waals surface area contributed by atoms with E-state index in [4.69, 9.17) is 10.5 Å². The van der Waals surface area contributed by atoms with Crippen LogP contribution in [0.1, 0.15) is 68.2 Å². The predicted octanol–water partition coefficient (Wildman–Crippen LogP) is -0.321. The third-order valence-electron chi connectivity index (χ3n) is 5.14. The maximum absolute atomic E-state index is 13.0. The number of alkyl carbamates (subject to hydrolysis) is 1. The molecule has 0 bridgehead atoms. The van der Waals surface area contributed by atoms with Crippen LogP contribution in [0.4, 0.5) is 4.79 Å². The molecule has 0 saturated carbocycles. The number of amides is 6. The lowest BCUT2D eigenvalue weighted by atomic mass is 9.96. The lowest BCUT2D eigenvalue weighted by Crippen LogP contribution is -2.57. The van der Waals surface area contributed by atoms with Gasteiger partial charge in [0.15, 0.2) is 0 Å².